The molecule has 1 aliphatic rings. The number of benzene rings is 1. The van der Waals surface area contributed by atoms with Crippen LogP contribution in [-0.2, 0) is 11.3 Å². The summed E-state index contributed by atoms with van der Waals surface area (Å²) in [6, 6.07) is 10.2. The van der Waals surface area contributed by atoms with Gasteiger partial charge in [0, 0.05) is 31.0 Å². The molecule has 2 N–H and O–H groups in total. The lowest BCUT2D eigenvalue weighted by Crippen LogP contribution is -2.37. The topological polar surface area (TPSA) is 108 Å². The van der Waals surface area contributed by atoms with Gasteiger partial charge < -0.3 is 19.9 Å². The number of nitrogen functional groups attached to an aromatic ring is 1. The van der Waals surface area contributed by atoms with E-state index in [0.29, 0.717) is 36.9 Å². The minimum Gasteiger partial charge on any atom is -0.378 e. The zero-order valence-corrected chi connectivity index (χ0v) is 15.8. The lowest BCUT2D eigenvalue weighted by Gasteiger charge is -2.27. The van der Waals surface area contributed by atoms with Gasteiger partial charge >= 0.3 is 0 Å². The zero-order chi connectivity index (χ0) is 19.6. The molecular weight excluding hydrogens is 368 g/mol. The fourth-order valence-corrected chi connectivity index (χ4v) is 3.39. The molecule has 0 atom stereocenters. The normalized spacial score (nSPS) is 14.4. The van der Waals surface area contributed by atoms with E-state index in [1.54, 1.807) is 18.7 Å². The summed E-state index contributed by atoms with van der Waals surface area (Å²) in [6.45, 7) is 3.48. The van der Waals surface area contributed by atoms with Crippen LogP contribution in [0.3, 0.4) is 0 Å². The Morgan fingerprint density at radius 1 is 0.966 bits per heavy atom. The lowest BCUT2D eigenvalue weighted by molar-refractivity contribution is 0.122. The highest BCUT2D eigenvalue weighted by Crippen LogP contribution is 2.27. The van der Waals surface area contributed by atoms with Crippen molar-refractivity contribution in [1.29, 1.82) is 0 Å². The summed E-state index contributed by atoms with van der Waals surface area (Å²) < 4.78 is 7.52. The monoisotopic (exact) mass is 388 g/mol. The zero-order valence-electron chi connectivity index (χ0n) is 15.8. The summed E-state index contributed by atoms with van der Waals surface area (Å²) in [5.41, 5.74) is 9.78. The number of fused-ring (bicyclic) bond motifs is 1. The molecule has 0 bridgehead atoms. The summed E-state index contributed by atoms with van der Waals surface area (Å²) in [6.07, 6.45) is 5.14. The average Bonchev–Trinajstić information content (AvgIpc) is 3.18. The molecule has 146 valence electrons. The highest BCUT2D eigenvalue weighted by molar-refractivity contribution is 5.88. The van der Waals surface area contributed by atoms with E-state index in [-0.39, 0.29) is 5.95 Å². The van der Waals surface area contributed by atoms with Crippen molar-refractivity contribution in [2.75, 3.05) is 36.9 Å². The van der Waals surface area contributed by atoms with E-state index in [4.69, 9.17) is 20.4 Å². The van der Waals surface area contributed by atoms with E-state index in [0.717, 1.165) is 24.3 Å². The minimum absolute atomic E-state index is 0.224. The van der Waals surface area contributed by atoms with Crippen molar-refractivity contribution in [1.82, 2.24) is 29.5 Å². The highest BCUT2D eigenvalue weighted by Gasteiger charge is 2.20. The number of anilines is 2. The van der Waals surface area contributed by atoms with Crippen molar-refractivity contribution in [3.05, 3.63) is 54.6 Å². The second-order valence-corrected chi connectivity index (χ2v) is 6.83. The summed E-state index contributed by atoms with van der Waals surface area (Å²) >= 11 is 0. The minimum atomic E-state index is 0.224. The van der Waals surface area contributed by atoms with Crippen LogP contribution in [-0.4, -0.2) is 55.8 Å². The first kappa shape index (κ1) is 17.5. The van der Waals surface area contributed by atoms with E-state index >= 15 is 0 Å². The average molecular weight is 388 g/mol. The van der Waals surface area contributed by atoms with Gasteiger partial charge in [-0.15, -0.1) is 0 Å². The number of ether oxygens (including phenoxy) is 1. The number of nitrogens with zero attached hydrogens (tertiary/aromatic N) is 7. The van der Waals surface area contributed by atoms with E-state index in [2.05, 4.69) is 32.0 Å². The van der Waals surface area contributed by atoms with Crippen molar-refractivity contribution in [2.24, 2.45) is 0 Å². The third-order valence-electron chi connectivity index (χ3n) is 4.89. The first-order chi connectivity index (χ1) is 14.3. The van der Waals surface area contributed by atoms with Gasteiger partial charge in [-0.05, 0) is 5.56 Å². The summed E-state index contributed by atoms with van der Waals surface area (Å²) in [4.78, 5) is 24.6. The Morgan fingerprint density at radius 3 is 2.48 bits per heavy atom. The molecule has 9 nitrogen and oxygen atoms in total. The molecule has 0 aliphatic carbocycles. The molecule has 1 saturated heterocycles. The van der Waals surface area contributed by atoms with Crippen molar-refractivity contribution < 1.29 is 4.74 Å². The van der Waals surface area contributed by atoms with Gasteiger partial charge in [0.25, 0.3) is 0 Å². The fraction of sp³-hybridized carbons (Fsp3) is 0.250. The largest absolute Gasteiger partial charge is 0.378 e. The predicted molar refractivity (Wildman–Crippen MR) is 109 cm³/mol. The maximum Gasteiger partial charge on any atom is 0.228 e. The SMILES string of the molecule is Nc1ncc(-c2nc(N3CCOCC3)nc3c2ncn3Cc2ccccc2)cn1. The Morgan fingerprint density at radius 2 is 1.72 bits per heavy atom. The Labute approximate surface area is 167 Å². The maximum absolute atomic E-state index is 5.66. The molecule has 4 heterocycles. The number of morpholine rings is 1. The first-order valence-electron chi connectivity index (χ1n) is 9.45. The summed E-state index contributed by atoms with van der Waals surface area (Å²) in [7, 11) is 0. The number of hydrogen-bond acceptors (Lipinski definition) is 8. The van der Waals surface area contributed by atoms with Crippen molar-refractivity contribution in [3.63, 3.8) is 0 Å². The Hall–Kier alpha value is -3.59. The highest BCUT2D eigenvalue weighted by atomic mass is 16.5. The molecule has 0 spiro atoms. The smallest absolute Gasteiger partial charge is 0.228 e. The van der Waals surface area contributed by atoms with Gasteiger partial charge in [0.2, 0.25) is 11.9 Å². The van der Waals surface area contributed by atoms with Crippen LogP contribution in [0.25, 0.3) is 22.4 Å². The molecule has 0 amide bonds. The summed E-state index contributed by atoms with van der Waals surface area (Å²) in [5.74, 6) is 0.879. The number of hydrogen-bond donors (Lipinski definition) is 1. The van der Waals surface area contributed by atoms with Crippen LogP contribution in [0, 0.1) is 0 Å². The number of aromatic nitrogens is 6. The fourth-order valence-electron chi connectivity index (χ4n) is 3.39. The molecule has 4 aromatic rings. The molecule has 3 aromatic heterocycles. The van der Waals surface area contributed by atoms with Crippen LogP contribution in [0.2, 0.25) is 0 Å². The molecule has 1 aliphatic heterocycles. The van der Waals surface area contributed by atoms with E-state index < -0.39 is 0 Å². The number of rotatable bonds is 4. The van der Waals surface area contributed by atoms with Crippen LogP contribution in [0.5, 0.6) is 0 Å². The van der Waals surface area contributed by atoms with Gasteiger partial charge in [0.15, 0.2) is 5.65 Å². The van der Waals surface area contributed by atoms with Crippen LogP contribution in [0.4, 0.5) is 11.9 Å². The van der Waals surface area contributed by atoms with Gasteiger partial charge in [-0.1, -0.05) is 30.3 Å². The molecule has 9 heteroatoms. The third-order valence-corrected chi connectivity index (χ3v) is 4.89. The Kier molecular flexibility index (Phi) is 4.49. The van der Waals surface area contributed by atoms with Gasteiger partial charge in [0.1, 0.15) is 11.2 Å². The van der Waals surface area contributed by atoms with Crippen molar-refractivity contribution in [2.45, 2.75) is 6.54 Å². The Bertz CT molecular complexity index is 1120. The van der Waals surface area contributed by atoms with E-state index in [9.17, 15) is 0 Å². The van der Waals surface area contributed by atoms with Gasteiger partial charge in [-0.2, -0.15) is 4.98 Å². The molecule has 0 saturated carbocycles. The van der Waals surface area contributed by atoms with Crippen molar-refractivity contribution >= 4 is 23.1 Å². The van der Waals surface area contributed by atoms with E-state index in [1.807, 2.05) is 22.8 Å². The number of nitrogens with two attached hydrogens (primary N) is 1. The Balaban J connectivity index is 1.64. The van der Waals surface area contributed by atoms with Crippen LogP contribution < -0.4 is 10.6 Å². The maximum atomic E-state index is 5.66. The third kappa shape index (κ3) is 3.47. The molecule has 0 unspecified atom stereocenters. The van der Waals surface area contributed by atoms with Gasteiger partial charge in [-0.25, -0.2) is 19.9 Å². The number of imidazole rings is 1. The van der Waals surface area contributed by atoms with Gasteiger partial charge in [0.05, 0.1) is 26.1 Å². The molecule has 0 radical (unpaired) electrons. The molecule has 29 heavy (non-hydrogen) atoms. The quantitative estimate of drug-likeness (QED) is 0.563. The first-order valence-corrected chi connectivity index (χ1v) is 9.45. The van der Waals surface area contributed by atoms with Gasteiger partial charge in [-0.3, -0.25) is 0 Å². The summed E-state index contributed by atoms with van der Waals surface area (Å²) in [5, 5.41) is 0. The second kappa shape index (κ2) is 7.44. The van der Waals surface area contributed by atoms with E-state index in [1.165, 1.54) is 5.56 Å². The molecule has 5 rings (SSSR count). The standard InChI is InChI=1S/C20H20N8O/c21-19-22-10-15(11-23-19)16-17-18(26-20(25-16)27-6-8-29-9-7-27)28(13-24-17)12-14-4-2-1-3-5-14/h1-5,10-11,13H,6-9,12H2,(H2,21,22,23). The van der Waals surface area contributed by atoms with Crippen LogP contribution >= 0.6 is 0 Å². The molecule has 1 aromatic carbocycles. The predicted octanol–water partition coefficient (Wildman–Crippen LogP) is 1.75. The van der Waals surface area contributed by atoms with Crippen molar-refractivity contribution in [3.8, 4) is 11.3 Å². The molecule has 1 fully saturated rings. The van der Waals surface area contributed by atoms with Crippen LogP contribution in [0.15, 0.2) is 49.1 Å². The molecular formula is C20H20N8O. The second-order valence-electron chi connectivity index (χ2n) is 6.83. The van der Waals surface area contributed by atoms with Crippen LogP contribution in [0.1, 0.15) is 5.56 Å². The lowest BCUT2D eigenvalue weighted by atomic mass is 10.2.